The smallest absolute Gasteiger partial charge is 0.227 e. The molecular weight excluding hydrogens is 319 g/mol. The molecule has 1 aromatic carbocycles. The van der Waals surface area contributed by atoms with Gasteiger partial charge >= 0.3 is 0 Å². The summed E-state index contributed by atoms with van der Waals surface area (Å²) >= 11 is 0. The van der Waals surface area contributed by atoms with E-state index in [-0.39, 0.29) is 23.7 Å². The fourth-order valence-electron chi connectivity index (χ4n) is 3.53. The monoisotopic (exact) mass is 348 g/mol. The van der Waals surface area contributed by atoms with Crippen molar-refractivity contribution in [1.82, 2.24) is 21.1 Å². The molecule has 0 aromatic heterocycles. The van der Waals surface area contributed by atoms with Crippen molar-refractivity contribution in [2.24, 2.45) is 5.92 Å². The number of hydrogen-bond acceptors (Lipinski definition) is 4. The Morgan fingerprint density at radius 1 is 1.16 bits per heavy atom. The van der Waals surface area contributed by atoms with Gasteiger partial charge in [-0.2, -0.15) is 0 Å². The Balaban J connectivity index is 1.28. The quantitative estimate of drug-likeness (QED) is 0.629. The van der Waals surface area contributed by atoms with E-state index in [0.29, 0.717) is 6.04 Å². The average Bonchev–Trinajstić information content (AvgIpc) is 3.02. The number of carbonyl (C=O) groups is 1. The zero-order chi connectivity index (χ0) is 17.6. The maximum absolute atomic E-state index is 13.0. The third kappa shape index (κ3) is 5.00. The van der Waals surface area contributed by atoms with E-state index in [0.717, 1.165) is 57.3 Å². The van der Waals surface area contributed by atoms with Crippen LogP contribution >= 0.6 is 0 Å². The Bertz CT molecular complexity index is 561. The third-order valence-electron chi connectivity index (χ3n) is 5.31. The van der Waals surface area contributed by atoms with Gasteiger partial charge in [0.2, 0.25) is 5.91 Å². The van der Waals surface area contributed by atoms with E-state index >= 15 is 0 Å². The van der Waals surface area contributed by atoms with Crippen LogP contribution in [0, 0.1) is 11.7 Å². The summed E-state index contributed by atoms with van der Waals surface area (Å²) in [5, 5.41) is 3.14. The van der Waals surface area contributed by atoms with E-state index in [2.05, 4.69) is 16.2 Å². The van der Waals surface area contributed by atoms with Gasteiger partial charge in [0.05, 0.1) is 5.92 Å². The maximum Gasteiger partial charge on any atom is 0.227 e. The number of hydrazine groups is 1. The van der Waals surface area contributed by atoms with E-state index in [1.54, 1.807) is 0 Å². The molecule has 3 rings (SSSR count). The molecule has 0 aliphatic carbocycles. The lowest BCUT2D eigenvalue weighted by molar-refractivity contribution is -0.135. The van der Waals surface area contributed by atoms with E-state index in [1.807, 2.05) is 24.1 Å². The summed E-state index contributed by atoms with van der Waals surface area (Å²) in [7, 11) is 1.91. The second-order valence-corrected chi connectivity index (χ2v) is 7.29. The van der Waals surface area contributed by atoms with Gasteiger partial charge in [0.1, 0.15) is 5.82 Å². The van der Waals surface area contributed by atoms with E-state index in [4.69, 9.17) is 0 Å². The van der Waals surface area contributed by atoms with E-state index in [1.165, 1.54) is 12.1 Å². The van der Waals surface area contributed by atoms with Gasteiger partial charge in [0.15, 0.2) is 0 Å². The zero-order valence-corrected chi connectivity index (χ0v) is 14.9. The molecule has 1 amide bonds. The zero-order valence-electron chi connectivity index (χ0n) is 14.9. The van der Waals surface area contributed by atoms with Gasteiger partial charge in [-0.25, -0.2) is 4.39 Å². The molecule has 0 bridgehead atoms. The molecule has 2 aliphatic rings. The highest BCUT2D eigenvalue weighted by Crippen LogP contribution is 2.24. The highest BCUT2D eigenvalue weighted by atomic mass is 19.1. The van der Waals surface area contributed by atoms with Crippen LogP contribution in [0.1, 0.15) is 43.7 Å². The van der Waals surface area contributed by atoms with Crippen LogP contribution in [0.5, 0.6) is 0 Å². The Morgan fingerprint density at radius 3 is 2.60 bits per heavy atom. The van der Waals surface area contributed by atoms with Gasteiger partial charge < -0.3 is 10.2 Å². The molecule has 0 radical (unpaired) electrons. The lowest BCUT2D eigenvalue weighted by Crippen LogP contribution is -2.51. The summed E-state index contributed by atoms with van der Waals surface area (Å²) in [4.78, 5) is 13.9. The molecule has 6 heteroatoms. The molecule has 2 unspecified atom stereocenters. The number of nitrogens with zero attached hydrogens (tertiary/aromatic N) is 1. The van der Waals surface area contributed by atoms with Crippen LogP contribution in [0.3, 0.4) is 0 Å². The molecule has 5 nitrogen and oxygen atoms in total. The minimum Gasteiger partial charge on any atom is -0.345 e. The largest absolute Gasteiger partial charge is 0.345 e. The van der Waals surface area contributed by atoms with Gasteiger partial charge in [-0.15, -0.1) is 0 Å². The standard InChI is InChI=1S/C19H29FN4O/c1-24(19(25)15-12-21-13-15)10-4-2-3-5-17-11-18(23-22-17)14-6-8-16(20)9-7-14/h6-9,15,17-18,21-23H,2-5,10-13H2,1H3. The first-order valence-electron chi connectivity index (χ1n) is 9.35. The molecule has 1 aromatic rings. The number of unbranched alkanes of at least 4 members (excludes halogenated alkanes) is 2. The van der Waals surface area contributed by atoms with E-state index < -0.39 is 0 Å². The Kier molecular flexibility index (Phi) is 6.39. The first kappa shape index (κ1) is 18.3. The summed E-state index contributed by atoms with van der Waals surface area (Å²) < 4.78 is 13.0. The van der Waals surface area contributed by atoms with Crippen molar-refractivity contribution in [3.63, 3.8) is 0 Å². The van der Waals surface area contributed by atoms with Crippen LogP contribution < -0.4 is 16.2 Å². The second-order valence-electron chi connectivity index (χ2n) is 7.29. The fraction of sp³-hybridized carbons (Fsp3) is 0.632. The van der Waals surface area contributed by atoms with Crippen LogP contribution in [0.4, 0.5) is 4.39 Å². The molecule has 2 saturated heterocycles. The molecule has 2 atom stereocenters. The van der Waals surface area contributed by atoms with Gasteiger partial charge in [0.25, 0.3) is 0 Å². The number of benzene rings is 1. The highest BCUT2D eigenvalue weighted by Gasteiger charge is 2.27. The van der Waals surface area contributed by atoms with Crippen molar-refractivity contribution in [2.45, 2.75) is 44.2 Å². The number of hydrogen-bond donors (Lipinski definition) is 3. The number of carbonyl (C=O) groups excluding carboxylic acids is 1. The van der Waals surface area contributed by atoms with Crippen LogP contribution in [0.15, 0.2) is 24.3 Å². The first-order valence-corrected chi connectivity index (χ1v) is 9.35. The van der Waals surface area contributed by atoms with E-state index in [9.17, 15) is 9.18 Å². The van der Waals surface area contributed by atoms with Gasteiger partial charge in [-0.05, 0) is 37.0 Å². The van der Waals surface area contributed by atoms with Gasteiger partial charge in [0, 0.05) is 38.8 Å². The molecule has 3 N–H and O–H groups in total. The average molecular weight is 348 g/mol. The van der Waals surface area contributed by atoms with Crippen molar-refractivity contribution < 1.29 is 9.18 Å². The number of amides is 1. The van der Waals surface area contributed by atoms with Gasteiger partial charge in [-0.1, -0.05) is 25.0 Å². The number of rotatable bonds is 8. The molecular formula is C19H29FN4O. The minimum atomic E-state index is -0.191. The van der Waals surface area contributed by atoms with Crippen LogP contribution in [-0.4, -0.2) is 43.5 Å². The van der Waals surface area contributed by atoms with Crippen LogP contribution in [-0.2, 0) is 4.79 Å². The van der Waals surface area contributed by atoms with Crippen molar-refractivity contribution >= 4 is 5.91 Å². The molecule has 2 heterocycles. The predicted molar refractivity (Wildman–Crippen MR) is 96.3 cm³/mol. The highest BCUT2D eigenvalue weighted by molar-refractivity contribution is 5.79. The molecule has 0 saturated carbocycles. The van der Waals surface area contributed by atoms with Crippen LogP contribution in [0.25, 0.3) is 0 Å². The summed E-state index contributed by atoms with van der Waals surface area (Å²) in [6, 6.07) is 7.44. The summed E-state index contributed by atoms with van der Waals surface area (Å²) in [6.07, 6.45) is 5.50. The molecule has 138 valence electrons. The van der Waals surface area contributed by atoms with Crippen molar-refractivity contribution in [1.29, 1.82) is 0 Å². The lowest BCUT2D eigenvalue weighted by Gasteiger charge is -2.30. The summed E-state index contributed by atoms with van der Waals surface area (Å²) in [5.74, 6) is 0.285. The lowest BCUT2D eigenvalue weighted by atomic mass is 9.98. The predicted octanol–water partition coefficient (Wildman–Crippen LogP) is 1.97. The second kappa shape index (κ2) is 8.74. The Labute approximate surface area is 149 Å². The number of halogens is 1. The maximum atomic E-state index is 13.0. The van der Waals surface area contributed by atoms with Crippen molar-refractivity contribution in [3.8, 4) is 0 Å². The van der Waals surface area contributed by atoms with Crippen molar-refractivity contribution in [2.75, 3.05) is 26.7 Å². The topological polar surface area (TPSA) is 56.4 Å². The normalized spacial score (nSPS) is 23.4. The summed E-state index contributed by atoms with van der Waals surface area (Å²) in [5.41, 5.74) is 7.79. The molecule has 0 spiro atoms. The van der Waals surface area contributed by atoms with Crippen molar-refractivity contribution in [3.05, 3.63) is 35.6 Å². The Morgan fingerprint density at radius 2 is 1.92 bits per heavy atom. The third-order valence-corrected chi connectivity index (χ3v) is 5.31. The van der Waals surface area contributed by atoms with Crippen LogP contribution in [0.2, 0.25) is 0 Å². The Hall–Kier alpha value is -1.50. The molecule has 2 aliphatic heterocycles. The fourth-order valence-corrected chi connectivity index (χ4v) is 3.53. The number of nitrogens with one attached hydrogen (secondary N) is 3. The molecule has 25 heavy (non-hydrogen) atoms. The SMILES string of the molecule is CN(CCCCCC1CC(c2ccc(F)cc2)NN1)C(=O)C1CNC1. The molecule has 2 fully saturated rings. The van der Waals surface area contributed by atoms with Gasteiger partial charge in [-0.3, -0.25) is 15.6 Å². The summed E-state index contributed by atoms with van der Waals surface area (Å²) in [6.45, 7) is 2.52. The minimum absolute atomic E-state index is 0.191. The first-order chi connectivity index (χ1) is 12.1.